The first kappa shape index (κ1) is 17.2. The van der Waals surface area contributed by atoms with Crippen molar-refractivity contribution in [3.8, 4) is 0 Å². The Morgan fingerprint density at radius 2 is 2.00 bits per heavy atom. The lowest BCUT2D eigenvalue weighted by Gasteiger charge is -2.23. The largest absolute Gasteiger partial charge is 0.437 e. The molecule has 0 saturated heterocycles. The molecule has 0 aliphatic heterocycles. The lowest BCUT2D eigenvalue weighted by molar-refractivity contribution is -0.137. The van der Waals surface area contributed by atoms with Gasteiger partial charge in [0.05, 0.1) is 12.1 Å². The van der Waals surface area contributed by atoms with Gasteiger partial charge in [0, 0.05) is 7.11 Å². The minimum atomic E-state index is -4.53. The summed E-state index contributed by atoms with van der Waals surface area (Å²) in [6.45, 7) is 0.897. The number of nitrogens with zero attached hydrogens (tertiary/aromatic N) is 2. The second kappa shape index (κ2) is 6.17. The molecule has 1 atom stereocenters. The van der Waals surface area contributed by atoms with E-state index in [1.54, 1.807) is 0 Å². The van der Waals surface area contributed by atoms with Crippen LogP contribution in [0.3, 0.4) is 0 Å². The van der Waals surface area contributed by atoms with E-state index in [1.807, 2.05) is 0 Å². The summed E-state index contributed by atoms with van der Waals surface area (Å²) in [7, 11) is 1.39. The number of hydrogen-bond donors (Lipinski definition) is 1. The van der Waals surface area contributed by atoms with Crippen molar-refractivity contribution in [2.75, 3.05) is 7.11 Å². The van der Waals surface area contributed by atoms with Crippen LogP contribution in [0.4, 0.5) is 13.2 Å². The Balaban J connectivity index is 2.30. The van der Waals surface area contributed by atoms with Crippen LogP contribution in [-0.4, -0.2) is 22.0 Å². The third-order valence-electron chi connectivity index (χ3n) is 3.19. The minimum Gasteiger partial charge on any atom is -0.390 e. The van der Waals surface area contributed by atoms with E-state index in [2.05, 4.69) is 5.10 Å². The van der Waals surface area contributed by atoms with Gasteiger partial charge in [-0.05, 0) is 24.6 Å². The average Bonchev–Trinajstić information content (AvgIpc) is 2.78. The fourth-order valence-corrected chi connectivity index (χ4v) is 2.04. The van der Waals surface area contributed by atoms with Gasteiger partial charge in [0.2, 0.25) is 5.89 Å². The first-order valence-corrected chi connectivity index (χ1v) is 6.59. The van der Waals surface area contributed by atoms with Gasteiger partial charge in [-0.25, -0.2) is 4.79 Å². The fourth-order valence-electron chi connectivity index (χ4n) is 2.04. The molecule has 2 aromatic rings. The van der Waals surface area contributed by atoms with Crippen LogP contribution in [0, 0.1) is 0 Å². The van der Waals surface area contributed by atoms with Crippen molar-refractivity contribution in [1.82, 2.24) is 9.78 Å². The fraction of sp³-hybridized carbons (Fsp3) is 0.429. The zero-order chi connectivity index (χ0) is 17.3. The van der Waals surface area contributed by atoms with Crippen molar-refractivity contribution in [3.63, 3.8) is 0 Å². The van der Waals surface area contributed by atoms with Gasteiger partial charge in [0.1, 0.15) is 12.2 Å². The van der Waals surface area contributed by atoms with E-state index in [4.69, 9.17) is 9.15 Å². The molecule has 9 heteroatoms. The molecule has 1 aromatic heterocycles. The van der Waals surface area contributed by atoms with Gasteiger partial charge in [0.15, 0.2) is 0 Å². The maximum atomic E-state index is 12.8. The monoisotopic (exact) mass is 332 g/mol. The highest BCUT2D eigenvalue weighted by Gasteiger charge is 2.33. The van der Waals surface area contributed by atoms with Crippen LogP contribution in [0.1, 0.15) is 23.9 Å². The van der Waals surface area contributed by atoms with Gasteiger partial charge in [-0.1, -0.05) is 12.1 Å². The molecule has 0 aliphatic carbocycles. The molecule has 126 valence electrons. The quantitative estimate of drug-likeness (QED) is 0.905. The van der Waals surface area contributed by atoms with Crippen molar-refractivity contribution in [1.29, 1.82) is 0 Å². The smallest absolute Gasteiger partial charge is 0.390 e. The Hall–Kier alpha value is -2.13. The number of alkyl halides is 3. The summed E-state index contributed by atoms with van der Waals surface area (Å²) in [6, 6.07) is 4.27. The third-order valence-corrected chi connectivity index (χ3v) is 3.19. The molecule has 0 saturated carbocycles. The van der Waals surface area contributed by atoms with Crippen molar-refractivity contribution in [2.45, 2.75) is 31.9 Å². The number of rotatable bonds is 5. The second-order valence-electron chi connectivity index (χ2n) is 5.20. The molecule has 23 heavy (non-hydrogen) atoms. The molecule has 0 spiro atoms. The molecule has 1 heterocycles. The van der Waals surface area contributed by atoms with Gasteiger partial charge >= 0.3 is 11.9 Å². The maximum Gasteiger partial charge on any atom is 0.437 e. The van der Waals surface area contributed by atoms with Crippen molar-refractivity contribution >= 4 is 0 Å². The van der Waals surface area contributed by atoms with Crippen LogP contribution in [0.15, 0.2) is 33.5 Å². The van der Waals surface area contributed by atoms with E-state index < -0.39 is 23.1 Å². The highest BCUT2D eigenvalue weighted by molar-refractivity contribution is 5.29. The minimum absolute atomic E-state index is 0.00974. The Kier molecular flexibility index (Phi) is 4.62. The van der Waals surface area contributed by atoms with Gasteiger partial charge in [0.25, 0.3) is 0 Å². The number of aliphatic hydroxyl groups is 1. The van der Waals surface area contributed by atoms with E-state index >= 15 is 0 Å². The predicted molar refractivity (Wildman–Crippen MR) is 72.5 cm³/mol. The summed E-state index contributed by atoms with van der Waals surface area (Å²) < 4.78 is 48.7. The topological polar surface area (TPSA) is 77.5 Å². The zero-order valence-corrected chi connectivity index (χ0v) is 12.4. The number of ether oxygens (including phenoxy) is 1. The molecule has 0 bridgehead atoms. The molecule has 0 radical (unpaired) electrons. The first-order valence-electron chi connectivity index (χ1n) is 6.59. The molecule has 0 aliphatic rings. The Bertz CT molecular complexity index is 734. The van der Waals surface area contributed by atoms with Gasteiger partial charge in [-0.3, -0.25) is 0 Å². The highest BCUT2D eigenvalue weighted by atomic mass is 19.4. The molecule has 0 amide bonds. The van der Waals surface area contributed by atoms with Crippen molar-refractivity contribution in [3.05, 3.63) is 51.8 Å². The second-order valence-corrected chi connectivity index (χ2v) is 5.20. The first-order chi connectivity index (χ1) is 10.6. The predicted octanol–water partition coefficient (Wildman–Crippen LogP) is 1.91. The standard InChI is InChI=1S/C14H15F3N2O4/c1-13(21,8-19-12(20)23-11(18-19)7-22-2)9-4-3-5-10(6-9)14(15,16)17/h3-6,21H,7-8H2,1-2H3. The number of halogens is 3. The van der Waals surface area contributed by atoms with Crippen LogP contribution >= 0.6 is 0 Å². The molecule has 6 nitrogen and oxygen atoms in total. The molecule has 1 unspecified atom stereocenters. The Morgan fingerprint density at radius 3 is 2.61 bits per heavy atom. The number of aromatic nitrogens is 2. The van der Waals surface area contributed by atoms with Crippen molar-refractivity contribution < 1.29 is 27.4 Å². The average molecular weight is 332 g/mol. The summed E-state index contributed by atoms with van der Waals surface area (Å²) in [6.07, 6.45) is -4.53. The molecular formula is C14H15F3N2O4. The number of benzene rings is 1. The van der Waals surface area contributed by atoms with Crippen LogP contribution in [0.25, 0.3) is 0 Å². The van der Waals surface area contributed by atoms with Gasteiger partial charge in [-0.2, -0.15) is 17.9 Å². The van der Waals surface area contributed by atoms with E-state index in [1.165, 1.54) is 26.2 Å². The summed E-state index contributed by atoms with van der Waals surface area (Å²) in [5.74, 6) is -0.818. The number of hydrogen-bond acceptors (Lipinski definition) is 5. The van der Waals surface area contributed by atoms with E-state index in [0.717, 1.165) is 16.8 Å². The van der Waals surface area contributed by atoms with Gasteiger partial charge < -0.3 is 14.3 Å². The number of methoxy groups -OCH3 is 1. The lowest BCUT2D eigenvalue weighted by atomic mass is 9.94. The van der Waals surface area contributed by atoms with Crippen LogP contribution in [0.2, 0.25) is 0 Å². The maximum absolute atomic E-state index is 12.8. The van der Waals surface area contributed by atoms with Crippen LogP contribution < -0.4 is 5.76 Å². The summed E-state index contributed by atoms with van der Waals surface area (Å²) in [5, 5.41) is 14.3. The van der Waals surface area contributed by atoms with Crippen LogP contribution in [-0.2, 0) is 29.7 Å². The summed E-state index contributed by atoms with van der Waals surface area (Å²) >= 11 is 0. The van der Waals surface area contributed by atoms with E-state index in [9.17, 15) is 23.1 Å². The van der Waals surface area contributed by atoms with E-state index in [-0.39, 0.29) is 24.6 Å². The zero-order valence-electron chi connectivity index (χ0n) is 12.4. The molecular weight excluding hydrogens is 317 g/mol. The van der Waals surface area contributed by atoms with Crippen LogP contribution in [0.5, 0.6) is 0 Å². The SMILES string of the molecule is COCc1nn(CC(C)(O)c2cccc(C(F)(F)F)c2)c(=O)o1. The van der Waals surface area contributed by atoms with Crippen molar-refractivity contribution in [2.24, 2.45) is 0 Å². The normalized spacial score (nSPS) is 14.7. The Morgan fingerprint density at radius 1 is 1.35 bits per heavy atom. The Labute approximate surface area is 129 Å². The van der Waals surface area contributed by atoms with E-state index in [0.29, 0.717) is 0 Å². The molecule has 2 rings (SSSR count). The summed E-state index contributed by atoms with van der Waals surface area (Å²) in [5.41, 5.74) is -2.62. The summed E-state index contributed by atoms with van der Waals surface area (Å²) in [4.78, 5) is 11.6. The highest BCUT2D eigenvalue weighted by Crippen LogP contribution is 2.32. The van der Waals surface area contributed by atoms with Gasteiger partial charge in [-0.15, -0.1) is 5.10 Å². The molecule has 1 N–H and O–H groups in total. The third kappa shape index (κ3) is 3.99. The molecule has 1 aromatic carbocycles. The lowest BCUT2D eigenvalue weighted by Crippen LogP contribution is -2.32. The molecule has 0 fully saturated rings.